The topological polar surface area (TPSA) is 59.3 Å². The van der Waals surface area contributed by atoms with Gasteiger partial charge in [-0.05, 0) is 32.6 Å². The highest BCUT2D eigenvalue weighted by Gasteiger charge is 2.37. The summed E-state index contributed by atoms with van der Waals surface area (Å²) in [5, 5.41) is 8.96. The fourth-order valence-corrected chi connectivity index (χ4v) is 2.04. The smallest absolute Gasteiger partial charge is 0.323 e. The molecule has 1 heterocycles. The Labute approximate surface area is 90.2 Å². The molecule has 1 saturated heterocycles. The normalized spacial score (nSPS) is 26.4. The van der Waals surface area contributed by atoms with Crippen LogP contribution in [0.3, 0.4) is 0 Å². The van der Waals surface area contributed by atoms with Gasteiger partial charge in [0.15, 0.2) is 0 Å². The van der Waals surface area contributed by atoms with Crippen molar-refractivity contribution < 1.29 is 14.3 Å². The fourth-order valence-electron chi connectivity index (χ4n) is 2.04. The summed E-state index contributed by atoms with van der Waals surface area (Å²) in [6, 6.07) is 2.03. The van der Waals surface area contributed by atoms with E-state index in [2.05, 4.69) is 4.74 Å². The van der Waals surface area contributed by atoms with Crippen molar-refractivity contribution in [2.24, 2.45) is 11.8 Å². The van der Waals surface area contributed by atoms with Gasteiger partial charge in [-0.15, -0.1) is 0 Å². The second kappa shape index (κ2) is 4.63. The number of hydrogen-bond donors (Lipinski definition) is 0. The molecule has 0 aromatic rings. The monoisotopic (exact) mass is 211 g/mol. The van der Waals surface area contributed by atoms with E-state index >= 15 is 0 Å². The number of carbonyl (C=O) groups excluding carboxylic acids is 1. The van der Waals surface area contributed by atoms with Crippen LogP contribution in [-0.4, -0.2) is 25.3 Å². The molecule has 4 heteroatoms. The van der Waals surface area contributed by atoms with E-state index in [1.807, 2.05) is 19.9 Å². The predicted octanol–water partition coefficient (Wildman–Crippen LogP) is 1.50. The molecule has 0 aromatic carbocycles. The van der Waals surface area contributed by atoms with Crippen molar-refractivity contribution in [1.82, 2.24) is 0 Å². The molecule has 0 N–H and O–H groups in total. The summed E-state index contributed by atoms with van der Waals surface area (Å²) >= 11 is 0. The molecular weight excluding hydrogens is 194 g/mol. The Balaban J connectivity index is 2.70. The fraction of sp³-hybridized carbons (Fsp3) is 0.818. The molecule has 0 unspecified atom stereocenters. The molecule has 0 spiro atoms. The minimum atomic E-state index is -0.654. The zero-order valence-corrected chi connectivity index (χ0v) is 9.45. The van der Waals surface area contributed by atoms with Crippen LogP contribution in [0.4, 0.5) is 0 Å². The number of esters is 1. The van der Waals surface area contributed by atoms with Crippen LogP contribution in [0.5, 0.6) is 0 Å². The molecule has 15 heavy (non-hydrogen) atoms. The third kappa shape index (κ3) is 2.93. The molecule has 0 amide bonds. The van der Waals surface area contributed by atoms with Gasteiger partial charge in [0.2, 0.25) is 0 Å². The first-order valence-corrected chi connectivity index (χ1v) is 5.11. The first-order chi connectivity index (χ1) is 7.00. The van der Waals surface area contributed by atoms with E-state index in [4.69, 9.17) is 10.00 Å². The number of ether oxygens (including phenoxy) is 2. The summed E-state index contributed by atoms with van der Waals surface area (Å²) in [6.45, 7) is 4.56. The third-order valence-electron chi connectivity index (χ3n) is 2.80. The zero-order valence-electron chi connectivity index (χ0n) is 9.45. The molecule has 1 fully saturated rings. The van der Waals surface area contributed by atoms with Crippen LogP contribution < -0.4 is 0 Å². The molecule has 1 aliphatic heterocycles. The van der Waals surface area contributed by atoms with Gasteiger partial charge in [0.05, 0.1) is 18.8 Å². The Morgan fingerprint density at radius 2 is 2.33 bits per heavy atom. The molecule has 0 aliphatic carbocycles. The highest BCUT2D eigenvalue weighted by molar-refractivity contribution is 5.75. The molecule has 0 bridgehead atoms. The van der Waals surface area contributed by atoms with Crippen LogP contribution in [0.25, 0.3) is 0 Å². The maximum absolute atomic E-state index is 11.4. The molecule has 2 atom stereocenters. The summed E-state index contributed by atoms with van der Waals surface area (Å²) in [5.74, 6) is -1.04. The first-order valence-electron chi connectivity index (χ1n) is 5.11. The molecule has 1 aliphatic rings. The number of hydrogen-bond acceptors (Lipinski definition) is 4. The SMILES string of the molecule is COC(=O)[C@H](C#N)[C@@H]1CCOC(C)(C)C1. The molecular formula is C11H17NO3. The van der Waals surface area contributed by atoms with E-state index in [-0.39, 0.29) is 11.5 Å². The standard InChI is InChI=1S/C11H17NO3/c1-11(2)6-8(4-5-15-11)9(7-12)10(13)14-3/h8-9H,4-6H2,1-3H3/t8-,9-/m1/s1. The Hall–Kier alpha value is -1.08. The highest BCUT2D eigenvalue weighted by Crippen LogP contribution is 2.33. The Morgan fingerprint density at radius 1 is 1.67 bits per heavy atom. The van der Waals surface area contributed by atoms with Gasteiger partial charge >= 0.3 is 5.97 Å². The van der Waals surface area contributed by atoms with Gasteiger partial charge in [-0.3, -0.25) is 4.79 Å². The lowest BCUT2D eigenvalue weighted by molar-refractivity contribution is -0.148. The third-order valence-corrected chi connectivity index (χ3v) is 2.80. The van der Waals surface area contributed by atoms with Gasteiger partial charge in [-0.2, -0.15) is 5.26 Å². The minimum Gasteiger partial charge on any atom is -0.468 e. The van der Waals surface area contributed by atoms with Crippen LogP contribution in [0, 0.1) is 23.2 Å². The summed E-state index contributed by atoms with van der Waals surface area (Å²) in [4.78, 5) is 11.4. The highest BCUT2D eigenvalue weighted by atomic mass is 16.5. The van der Waals surface area contributed by atoms with Crippen LogP contribution in [0.2, 0.25) is 0 Å². The van der Waals surface area contributed by atoms with Gasteiger partial charge in [0.25, 0.3) is 0 Å². The van der Waals surface area contributed by atoms with E-state index in [0.717, 1.165) is 12.8 Å². The lowest BCUT2D eigenvalue weighted by atomic mass is 9.80. The molecule has 1 rings (SSSR count). The van der Waals surface area contributed by atoms with Crippen molar-refractivity contribution in [3.63, 3.8) is 0 Å². The second-order valence-corrected chi connectivity index (χ2v) is 4.49. The van der Waals surface area contributed by atoms with Crippen molar-refractivity contribution in [1.29, 1.82) is 5.26 Å². The van der Waals surface area contributed by atoms with Crippen molar-refractivity contribution in [3.8, 4) is 6.07 Å². The Morgan fingerprint density at radius 3 is 2.80 bits per heavy atom. The van der Waals surface area contributed by atoms with Crippen molar-refractivity contribution in [3.05, 3.63) is 0 Å². The summed E-state index contributed by atoms with van der Waals surface area (Å²) in [5.41, 5.74) is -0.244. The van der Waals surface area contributed by atoms with Crippen molar-refractivity contribution in [2.75, 3.05) is 13.7 Å². The van der Waals surface area contributed by atoms with E-state index < -0.39 is 11.9 Å². The lowest BCUT2D eigenvalue weighted by Crippen LogP contribution is -2.38. The minimum absolute atomic E-state index is 0.0474. The molecule has 0 radical (unpaired) electrons. The molecule has 0 aromatic heterocycles. The van der Waals surface area contributed by atoms with Crippen molar-refractivity contribution in [2.45, 2.75) is 32.3 Å². The summed E-state index contributed by atoms with van der Waals surface area (Å²) in [6.07, 6.45) is 1.47. The van der Waals surface area contributed by atoms with E-state index in [1.54, 1.807) is 0 Å². The number of rotatable bonds is 2. The Bertz CT molecular complexity index is 280. The van der Waals surface area contributed by atoms with Gasteiger partial charge in [0.1, 0.15) is 5.92 Å². The summed E-state index contributed by atoms with van der Waals surface area (Å²) in [7, 11) is 1.32. The van der Waals surface area contributed by atoms with Crippen LogP contribution in [0.15, 0.2) is 0 Å². The maximum Gasteiger partial charge on any atom is 0.323 e. The van der Waals surface area contributed by atoms with E-state index in [1.165, 1.54) is 7.11 Å². The number of nitrogens with zero attached hydrogens (tertiary/aromatic N) is 1. The lowest BCUT2D eigenvalue weighted by Gasteiger charge is -2.36. The van der Waals surface area contributed by atoms with E-state index in [9.17, 15) is 4.79 Å². The number of methoxy groups -OCH3 is 1. The zero-order chi connectivity index (χ0) is 11.5. The summed E-state index contributed by atoms with van der Waals surface area (Å²) < 4.78 is 10.2. The van der Waals surface area contributed by atoms with Crippen molar-refractivity contribution >= 4 is 5.97 Å². The van der Waals surface area contributed by atoms with E-state index in [0.29, 0.717) is 6.61 Å². The predicted molar refractivity (Wildman–Crippen MR) is 53.9 cm³/mol. The molecule has 0 saturated carbocycles. The molecule has 4 nitrogen and oxygen atoms in total. The van der Waals surface area contributed by atoms with Crippen LogP contribution in [0.1, 0.15) is 26.7 Å². The van der Waals surface area contributed by atoms with Crippen LogP contribution in [-0.2, 0) is 14.3 Å². The van der Waals surface area contributed by atoms with Gasteiger partial charge in [-0.1, -0.05) is 0 Å². The number of carbonyl (C=O) groups is 1. The Kier molecular flexibility index (Phi) is 3.70. The van der Waals surface area contributed by atoms with Crippen LogP contribution >= 0.6 is 0 Å². The average Bonchev–Trinajstić information content (AvgIpc) is 2.17. The quantitative estimate of drug-likeness (QED) is 0.649. The molecule has 84 valence electrons. The average molecular weight is 211 g/mol. The van der Waals surface area contributed by atoms with Gasteiger partial charge < -0.3 is 9.47 Å². The second-order valence-electron chi connectivity index (χ2n) is 4.49. The van der Waals surface area contributed by atoms with Gasteiger partial charge in [-0.25, -0.2) is 0 Å². The largest absolute Gasteiger partial charge is 0.468 e. The number of nitriles is 1. The first kappa shape index (κ1) is 12.0. The maximum atomic E-state index is 11.4. The van der Waals surface area contributed by atoms with Gasteiger partial charge in [0, 0.05) is 6.61 Å².